The first-order valence-corrected chi connectivity index (χ1v) is 10.4. The smallest absolute Gasteiger partial charge is 0.234 e. The fourth-order valence-electron chi connectivity index (χ4n) is 5.17. The van der Waals surface area contributed by atoms with Crippen LogP contribution < -0.4 is 0 Å². The van der Waals surface area contributed by atoms with Gasteiger partial charge < -0.3 is 4.48 Å². The summed E-state index contributed by atoms with van der Waals surface area (Å²) in [6.07, 6.45) is 8.58. The maximum Gasteiger partial charge on any atom is 0.234 e. The van der Waals surface area contributed by atoms with Crippen LogP contribution in [-0.2, 0) is 6.42 Å². The molecule has 2 aliphatic rings. The van der Waals surface area contributed by atoms with Crippen molar-refractivity contribution < 1.29 is 0 Å². The number of hydrogen-bond donors (Lipinski definition) is 0. The van der Waals surface area contributed by atoms with Gasteiger partial charge in [0, 0.05) is 22.7 Å². The molecule has 2 nitrogen and oxygen atoms in total. The molecule has 138 valence electrons. The van der Waals surface area contributed by atoms with Gasteiger partial charge in [-0.3, -0.25) is 4.99 Å². The number of rotatable bonds is 4. The first kappa shape index (κ1) is 19.3. The Bertz CT molecular complexity index is 799. The molecule has 1 aliphatic heterocycles. The van der Waals surface area contributed by atoms with E-state index < -0.39 is 0 Å². The van der Waals surface area contributed by atoms with E-state index in [1.165, 1.54) is 82.7 Å². The molecule has 0 amide bonds. The zero-order valence-electron chi connectivity index (χ0n) is 17.5. The molecular weight excluding hydrogens is 315 g/mol. The van der Waals surface area contributed by atoms with E-state index >= 15 is 0 Å². The molecule has 1 aromatic heterocycles. The zero-order valence-corrected chi connectivity index (χ0v) is 17.5. The Labute approximate surface area is 160 Å². The summed E-state index contributed by atoms with van der Waals surface area (Å²) in [6.45, 7) is 13.3. The van der Waals surface area contributed by atoms with Gasteiger partial charge >= 0.3 is 0 Å². The zero-order chi connectivity index (χ0) is 19.0. The number of aromatic nitrogens is 1. The van der Waals surface area contributed by atoms with Gasteiger partial charge in [0.15, 0.2) is 0 Å². The minimum Gasteiger partial charge on any atom is -0.401 e. The summed E-state index contributed by atoms with van der Waals surface area (Å²) in [5, 5.41) is 0. The number of hydrogen-bond acceptors (Lipinski definition) is 1. The van der Waals surface area contributed by atoms with Crippen molar-refractivity contribution in [3.63, 3.8) is 0 Å². The molecule has 0 bridgehead atoms. The van der Waals surface area contributed by atoms with Crippen molar-refractivity contribution in [1.29, 1.82) is 0 Å². The molecule has 0 spiro atoms. The summed E-state index contributed by atoms with van der Waals surface area (Å²) in [5.41, 5.74) is 11.8. The topological polar surface area (TPSA) is 17.3 Å². The molecule has 0 unspecified atom stereocenters. The van der Waals surface area contributed by atoms with Gasteiger partial charge in [-0.2, -0.15) is 0 Å². The van der Waals surface area contributed by atoms with Gasteiger partial charge in [-0.1, -0.05) is 33.1 Å². The fourth-order valence-corrected chi connectivity index (χ4v) is 5.17. The van der Waals surface area contributed by atoms with Crippen molar-refractivity contribution in [2.45, 2.75) is 86.5 Å². The molecule has 26 heavy (non-hydrogen) atoms. The Hall–Kier alpha value is -1.51. The lowest BCUT2D eigenvalue weighted by Gasteiger charge is -2.27. The van der Waals surface area contributed by atoms with Crippen LogP contribution in [0.15, 0.2) is 21.8 Å². The molecule has 0 atom stereocenters. The highest BCUT2D eigenvalue weighted by Crippen LogP contribution is 2.44. The molecule has 1 aromatic rings. The second-order valence-electron chi connectivity index (χ2n) is 8.01. The predicted molar refractivity (Wildman–Crippen MR) is 114 cm³/mol. The largest absolute Gasteiger partial charge is 0.401 e. The van der Waals surface area contributed by atoms with E-state index in [2.05, 4.69) is 41.5 Å². The number of aliphatic imine (C=N–C) groups is 1. The highest BCUT2D eigenvalue weighted by molar-refractivity contribution is 6.10. The van der Waals surface area contributed by atoms with E-state index in [0.717, 1.165) is 12.8 Å². The van der Waals surface area contributed by atoms with E-state index in [0.29, 0.717) is 5.92 Å². The van der Waals surface area contributed by atoms with Gasteiger partial charge in [0.2, 0.25) is 7.98 Å². The summed E-state index contributed by atoms with van der Waals surface area (Å²) >= 11 is 0. The minimum atomic E-state index is 0.571. The quantitative estimate of drug-likeness (QED) is 0.586. The minimum absolute atomic E-state index is 0.571. The molecule has 0 saturated heterocycles. The molecular formula is C23H33BN2. The Morgan fingerprint density at radius 2 is 1.69 bits per heavy atom. The highest BCUT2D eigenvalue weighted by atomic mass is 14.9. The maximum atomic E-state index is 6.62. The van der Waals surface area contributed by atoms with Crippen molar-refractivity contribution >= 4 is 19.3 Å². The molecule has 2 radical (unpaired) electrons. The fraction of sp³-hybridized carbons (Fsp3) is 0.609. The molecule has 3 heteroatoms. The molecule has 0 N–H and O–H groups in total. The van der Waals surface area contributed by atoms with Gasteiger partial charge in [-0.05, 0) is 81.6 Å². The summed E-state index contributed by atoms with van der Waals surface area (Å²) < 4.78 is 1.95. The summed E-state index contributed by atoms with van der Waals surface area (Å²) in [4.78, 5) is 5.07. The Kier molecular flexibility index (Phi) is 5.65. The molecule has 0 aromatic carbocycles. The summed E-state index contributed by atoms with van der Waals surface area (Å²) in [7, 11) is 6.62. The van der Waals surface area contributed by atoms with E-state index in [9.17, 15) is 0 Å². The van der Waals surface area contributed by atoms with Crippen molar-refractivity contribution in [1.82, 2.24) is 4.48 Å². The summed E-state index contributed by atoms with van der Waals surface area (Å²) in [5.74, 6) is 0.571. The lowest BCUT2D eigenvalue weighted by Crippen LogP contribution is -2.14. The van der Waals surface area contributed by atoms with E-state index in [-0.39, 0.29) is 0 Å². The van der Waals surface area contributed by atoms with Gasteiger partial charge in [-0.25, -0.2) is 0 Å². The van der Waals surface area contributed by atoms with Gasteiger partial charge in [-0.15, -0.1) is 0 Å². The first-order valence-electron chi connectivity index (χ1n) is 10.4. The molecule has 1 saturated carbocycles. The SMILES string of the molecule is [B]n1c(C)c(CC)c(C)c1/C(=C1\N=C(C)C(CC)=C1C)C1CCCCC1. The van der Waals surface area contributed by atoms with Gasteiger partial charge in [0.05, 0.1) is 5.70 Å². The third-order valence-electron chi connectivity index (χ3n) is 6.60. The number of allylic oxidation sites excluding steroid dienone is 3. The van der Waals surface area contributed by atoms with Crippen LogP contribution in [-0.4, -0.2) is 18.2 Å². The maximum absolute atomic E-state index is 6.62. The first-order chi connectivity index (χ1) is 12.4. The predicted octanol–water partition coefficient (Wildman–Crippen LogP) is 6.09. The van der Waals surface area contributed by atoms with Crippen LogP contribution >= 0.6 is 0 Å². The lowest BCUT2D eigenvalue weighted by atomic mass is 9.79. The third-order valence-corrected chi connectivity index (χ3v) is 6.60. The van der Waals surface area contributed by atoms with E-state index in [1.807, 2.05) is 4.48 Å². The van der Waals surface area contributed by atoms with Crippen LogP contribution in [0.4, 0.5) is 0 Å². The van der Waals surface area contributed by atoms with Crippen LogP contribution in [0.5, 0.6) is 0 Å². The van der Waals surface area contributed by atoms with Crippen molar-refractivity contribution in [3.05, 3.63) is 39.4 Å². The normalized spacial score (nSPS) is 20.8. The van der Waals surface area contributed by atoms with E-state index in [1.54, 1.807) is 0 Å². The average Bonchev–Trinajstić information content (AvgIpc) is 3.03. The van der Waals surface area contributed by atoms with Gasteiger partial charge in [0.1, 0.15) is 0 Å². The second-order valence-corrected chi connectivity index (χ2v) is 8.01. The average molecular weight is 348 g/mol. The third kappa shape index (κ3) is 3.04. The van der Waals surface area contributed by atoms with Crippen molar-refractivity contribution in [3.8, 4) is 0 Å². The molecule has 3 rings (SSSR count). The monoisotopic (exact) mass is 348 g/mol. The Balaban J connectivity index is 2.29. The standard InChI is InChI=1S/C23H33BN2/c1-7-19-14(3)22(25-16(19)5)21(18-12-10-9-11-13-18)23-15(4)20(8-2)17(6)26(23)24/h18H,7-13H2,1-6H3/b22-21-. The second kappa shape index (κ2) is 7.62. The molecule has 2 heterocycles. The van der Waals surface area contributed by atoms with Crippen LogP contribution in [0.2, 0.25) is 0 Å². The van der Waals surface area contributed by atoms with Crippen LogP contribution in [0.3, 0.4) is 0 Å². The summed E-state index contributed by atoms with van der Waals surface area (Å²) in [6, 6.07) is 0. The van der Waals surface area contributed by atoms with Crippen LogP contribution in [0.1, 0.15) is 88.7 Å². The van der Waals surface area contributed by atoms with Crippen molar-refractivity contribution in [2.24, 2.45) is 10.9 Å². The van der Waals surface area contributed by atoms with Crippen molar-refractivity contribution in [2.75, 3.05) is 0 Å². The van der Waals surface area contributed by atoms with Crippen LogP contribution in [0.25, 0.3) is 5.57 Å². The lowest BCUT2D eigenvalue weighted by molar-refractivity contribution is 0.427. The van der Waals surface area contributed by atoms with Crippen LogP contribution in [0, 0.1) is 19.8 Å². The molecule has 1 fully saturated rings. The Morgan fingerprint density at radius 3 is 2.19 bits per heavy atom. The van der Waals surface area contributed by atoms with E-state index in [4.69, 9.17) is 13.0 Å². The highest BCUT2D eigenvalue weighted by Gasteiger charge is 2.30. The molecule has 1 aliphatic carbocycles. The number of nitrogens with zero attached hydrogens (tertiary/aromatic N) is 2. The van der Waals surface area contributed by atoms with Gasteiger partial charge in [0.25, 0.3) is 0 Å². The Morgan fingerprint density at radius 1 is 1.04 bits per heavy atom.